The summed E-state index contributed by atoms with van der Waals surface area (Å²) in [5, 5.41) is 3.60. The summed E-state index contributed by atoms with van der Waals surface area (Å²) in [5.74, 6) is 0. The van der Waals surface area contributed by atoms with E-state index in [1.165, 1.54) is 11.1 Å². The SMILES string of the molecule is CCOC(CN[C@@H](Cc1ccccc1)c1ccccc1)OCC. The Labute approximate surface area is 139 Å². The summed E-state index contributed by atoms with van der Waals surface area (Å²) < 4.78 is 11.3. The molecule has 2 aromatic rings. The smallest absolute Gasteiger partial charge is 0.169 e. The zero-order valence-electron chi connectivity index (χ0n) is 14.1. The molecule has 23 heavy (non-hydrogen) atoms. The summed E-state index contributed by atoms with van der Waals surface area (Å²) in [7, 11) is 0. The minimum Gasteiger partial charge on any atom is -0.352 e. The summed E-state index contributed by atoms with van der Waals surface area (Å²) in [4.78, 5) is 0. The first kappa shape index (κ1) is 17.7. The second kappa shape index (κ2) is 10.2. The molecule has 0 fully saturated rings. The van der Waals surface area contributed by atoms with Crippen molar-refractivity contribution >= 4 is 0 Å². The van der Waals surface area contributed by atoms with Gasteiger partial charge in [-0.2, -0.15) is 0 Å². The van der Waals surface area contributed by atoms with Gasteiger partial charge in [-0.15, -0.1) is 0 Å². The Hall–Kier alpha value is -1.68. The van der Waals surface area contributed by atoms with Crippen LogP contribution in [-0.4, -0.2) is 26.0 Å². The molecule has 0 saturated heterocycles. The van der Waals surface area contributed by atoms with Crippen LogP contribution in [0.2, 0.25) is 0 Å². The predicted octanol–water partition coefficient (Wildman–Crippen LogP) is 3.96. The van der Waals surface area contributed by atoms with E-state index in [0.29, 0.717) is 19.8 Å². The van der Waals surface area contributed by atoms with Gasteiger partial charge in [0.2, 0.25) is 0 Å². The van der Waals surface area contributed by atoms with Crippen LogP contribution in [0.15, 0.2) is 60.7 Å². The van der Waals surface area contributed by atoms with Crippen LogP contribution in [-0.2, 0) is 15.9 Å². The first-order chi connectivity index (χ1) is 11.3. The first-order valence-corrected chi connectivity index (χ1v) is 8.39. The van der Waals surface area contributed by atoms with Gasteiger partial charge in [-0.3, -0.25) is 0 Å². The van der Waals surface area contributed by atoms with Crippen LogP contribution in [0.1, 0.15) is 31.0 Å². The molecule has 2 aromatic carbocycles. The molecule has 2 rings (SSSR count). The number of ether oxygens (including phenoxy) is 2. The van der Waals surface area contributed by atoms with Crippen LogP contribution in [0.3, 0.4) is 0 Å². The highest BCUT2D eigenvalue weighted by molar-refractivity contribution is 5.23. The Bertz CT molecular complexity index is 524. The summed E-state index contributed by atoms with van der Waals surface area (Å²) in [6, 6.07) is 21.3. The zero-order valence-corrected chi connectivity index (χ0v) is 14.1. The summed E-state index contributed by atoms with van der Waals surface area (Å²) in [6.07, 6.45) is 0.738. The molecule has 3 heteroatoms. The predicted molar refractivity (Wildman–Crippen MR) is 94.4 cm³/mol. The standard InChI is InChI=1S/C20H27NO2/c1-3-22-20(23-4-2)16-21-19(18-13-9-6-10-14-18)15-17-11-7-5-8-12-17/h5-14,19-21H,3-4,15-16H2,1-2H3/t19-/m0/s1. The lowest BCUT2D eigenvalue weighted by atomic mass is 9.99. The molecule has 0 aliphatic carbocycles. The van der Waals surface area contributed by atoms with Crippen molar-refractivity contribution in [1.82, 2.24) is 5.32 Å². The fourth-order valence-corrected chi connectivity index (χ4v) is 2.62. The van der Waals surface area contributed by atoms with E-state index in [9.17, 15) is 0 Å². The minimum atomic E-state index is -0.202. The topological polar surface area (TPSA) is 30.5 Å². The van der Waals surface area contributed by atoms with Gasteiger partial charge < -0.3 is 14.8 Å². The second-order valence-electron chi connectivity index (χ2n) is 5.40. The molecule has 1 atom stereocenters. The summed E-state index contributed by atoms with van der Waals surface area (Å²) in [5.41, 5.74) is 2.60. The van der Waals surface area contributed by atoms with Crippen molar-refractivity contribution in [3.63, 3.8) is 0 Å². The van der Waals surface area contributed by atoms with Gasteiger partial charge in [0.25, 0.3) is 0 Å². The average molecular weight is 313 g/mol. The molecule has 0 amide bonds. The molecule has 0 unspecified atom stereocenters. The highest BCUT2D eigenvalue weighted by atomic mass is 16.7. The average Bonchev–Trinajstić information content (AvgIpc) is 2.60. The van der Waals surface area contributed by atoms with Crippen molar-refractivity contribution < 1.29 is 9.47 Å². The number of nitrogens with one attached hydrogen (secondary N) is 1. The van der Waals surface area contributed by atoms with Gasteiger partial charge in [0.15, 0.2) is 6.29 Å². The summed E-state index contributed by atoms with van der Waals surface area (Å²) >= 11 is 0. The fourth-order valence-electron chi connectivity index (χ4n) is 2.62. The monoisotopic (exact) mass is 313 g/mol. The van der Waals surface area contributed by atoms with Gasteiger partial charge in [-0.1, -0.05) is 60.7 Å². The van der Waals surface area contributed by atoms with Crippen molar-refractivity contribution in [2.75, 3.05) is 19.8 Å². The lowest BCUT2D eigenvalue weighted by Crippen LogP contribution is -2.35. The number of hydrogen-bond acceptors (Lipinski definition) is 3. The highest BCUT2D eigenvalue weighted by Crippen LogP contribution is 2.18. The van der Waals surface area contributed by atoms with E-state index >= 15 is 0 Å². The molecular weight excluding hydrogens is 286 g/mol. The third kappa shape index (κ3) is 6.14. The Kier molecular flexibility index (Phi) is 7.81. The molecule has 0 aliphatic heterocycles. The maximum Gasteiger partial charge on any atom is 0.169 e. The molecule has 0 aliphatic rings. The van der Waals surface area contributed by atoms with E-state index in [0.717, 1.165) is 6.42 Å². The van der Waals surface area contributed by atoms with Gasteiger partial charge >= 0.3 is 0 Å². The van der Waals surface area contributed by atoms with Crippen molar-refractivity contribution in [3.05, 3.63) is 71.8 Å². The van der Waals surface area contributed by atoms with E-state index in [1.54, 1.807) is 0 Å². The number of rotatable bonds is 10. The molecule has 124 valence electrons. The van der Waals surface area contributed by atoms with Crippen LogP contribution < -0.4 is 5.32 Å². The lowest BCUT2D eigenvalue weighted by molar-refractivity contribution is -0.133. The largest absolute Gasteiger partial charge is 0.352 e. The maximum atomic E-state index is 5.63. The van der Waals surface area contributed by atoms with Crippen LogP contribution in [0, 0.1) is 0 Å². The molecule has 0 heterocycles. The Morgan fingerprint density at radius 2 is 1.39 bits per heavy atom. The zero-order chi connectivity index (χ0) is 16.3. The molecule has 0 radical (unpaired) electrons. The van der Waals surface area contributed by atoms with E-state index in [4.69, 9.17) is 9.47 Å². The van der Waals surface area contributed by atoms with Gasteiger partial charge in [-0.25, -0.2) is 0 Å². The third-order valence-electron chi connectivity index (χ3n) is 3.72. The van der Waals surface area contributed by atoms with E-state index in [-0.39, 0.29) is 12.3 Å². The van der Waals surface area contributed by atoms with Crippen molar-refractivity contribution in [1.29, 1.82) is 0 Å². The maximum absolute atomic E-state index is 5.63. The Balaban J connectivity index is 2.04. The quantitative estimate of drug-likeness (QED) is 0.674. The van der Waals surface area contributed by atoms with Crippen LogP contribution >= 0.6 is 0 Å². The molecule has 0 saturated carbocycles. The minimum absolute atomic E-state index is 0.202. The van der Waals surface area contributed by atoms with Crippen molar-refractivity contribution in [2.45, 2.75) is 32.6 Å². The lowest BCUT2D eigenvalue weighted by Gasteiger charge is -2.23. The molecule has 3 nitrogen and oxygen atoms in total. The highest BCUT2D eigenvalue weighted by Gasteiger charge is 2.15. The molecule has 1 N–H and O–H groups in total. The van der Waals surface area contributed by atoms with Crippen LogP contribution in [0.5, 0.6) is 0 Å². The van der Waals surface area contributed by atoms with Crippen LogP contribution in [0.4, 0.5) is 0 Å². The van der Waals surface area contributed by atoms with E-state index < -0.39 is 0 Å². The third-order valence-corrected chi connectivity index (χ3v) is 3.72. The van der Waals surface area contributed by atoms with Gasteiger partial charge in [0, 0.05) is 25.8 Å². The van der Waals surface area contributed by atoms with Crippen LogP contribution in [0.25, 0.3) is 0 Å². The van der Waals surface area contributed by atoms with E-state index in [2.05, 4.69) is 59.9 Å². The number of hydrogen-bond donors (Lipinski definition) is 1. The summed E-state index contributed by atoms with van der Waals surface area (Å²) in [6.45, 7) is 5.96. The first-order valence-electron chi connectivity index (χ1n) is 8.39. The Morgan fingerprint density at radius 3 is 1.96 bits per heavy atom. The Morgan fingerprint density at radius 1 is 0.826 bits per heavy atom. The van der Waals surface area contributed by atoms with Gasteiger partial charge in [0.05, 0.1) is 0 Å². The van der Waals surface area contributed by atoms with Crippen molar-refractivity contribution in [2.24, 2.45) is 0 Å². The van der Waals surface area contributed by atoms with E-state index in [1.807, 2.05) is 19.9 Å². The molecular formula is C20H27NO2. The fraction of sp³-hybridized carbons (Fsp3) is 0.400. The van der Waals surface area contributed by atoms with Gasteiger partial charge in [0.1, 0.15) is 0 Å². The van der Waals surface area contributed by atoms with Crippen molar-refractivity contribution in [3.8, 4) is 0 Å². The number of benzene rings is 2. The van der Waals surface area contributed by atoms with Gasteiger partial charge in [-0.05, 0) is 31.4 Å². The molecule has 0 aromatic heterocycles. The second-order valence-corrected chi connectivity index (χ2v) is 5.40. The molecule has 0 bridgehead atoms. The normalized spacial score (nSPS) is 12.5. The molecule has 0 spiro atoms.